The lowest BCUT2D eigenvalue weighted by Crippen LogP contribution is -2.47. The molecule has 0 aromatic rings. The number of nitrogens with one attached hydrogen (secondary N) is 1. The van der Waals surface area contributed by atoms with Crippen molar-refractivity contribution in [1.82, 2.24) is 10.4 Å². The molecule has 0 aromatic carbocycles. The highest BCUT2D eigenvalue weighted by atomic mass is 16.3. The van der Waals surface area contributed by atoms with Gasteiger partial charge in [0.2, 0.25) is 5.91 Å². The van der Waals surface area contributed by atoms with Crippen LogP contribution in [0.15, 0.2) is 0 Å². The largest absolute Gasteiger partial charge is 0.395 e. The maximum absolute atomic E-state index is 11.8. The van der Waals surface area contributed by atoms with Gasteiger partial charge >= 0.3 is 0 Å². The molecule has 0 saturated heterocycles. The van der Waals surface area contributed by atoms with Gasteiger partial charge in [-0.3, -0.25) is 10.2 Å². The fraction of sp³-hybridized carbons (Fsp3) is 0.941. The van der Waals surface area contributed by atoms with E-state index in [0.29, 0.717) is 13.0 Å². The molecule has 0 bridgehead atoms. The second-order valence-electron chi connectivity index (χ2n) is 6.12. The molecule has 0 rings (SSSR count). The molecule has 2 N–H and O–H groups in total. The fourth-order valence-corrected chi connectivity index (χ4v) is 2.36. The van der Waals surface area contributed by atoms with Gasteiger partial charge in [-0.25, -0.2) is 5.01 Å². The molecule has 4 heteroatoms. The van der Waals surface area contributed by atoms with Crippen molar-refractivity contribution in [2.24, 2.45) is 0 Å². The summed E-state index contributed by atoms with van der Waals surface area (Å²) in [5.74, 6) is 0.0695. The van der Waals surface area contributed by atoms with Crippen molar-refractivity contribution in [3.05, 3.63) is 0 Å². The summed E-state index contributed by atoms with van der Waals surface area (Å²) in [4.78, 5) is 11.8. The fourth-order valence-electron chi connectivity index (χ4n) is 2.36. The zero-order chi connectivity index (χ0) is 15.9. The second kappa shape index (κ2) is 14.3. The van der Waals surface area contributed by atoms with Crippen molar-refractivity contribution in [3.8, 4) is 0 Å². The Balaban J connectivity index is 3.48. The van der Waals surface area contributed by atoms with Crippen molar-refractivity contribution in [1.29, 1.82) is 0 Å². The molecule has 0 spiro atoms. The van der Waals surface area contributed by atoms with Crippen LogP contribution in [-0.2, 0) is 4.79 Å². The van der Waals surface area contributed by atoms with Crippen LogP contribution >= 0.6 is 0 Å². The molecule has 0 saturated carbocycles. The number of hydrogen-bond donors (Lipinski definition) is 2. The Kier molecular flexibility index (Phi) is 13.9. The molecule has 0 fully saturated rings. The molecule has 4 nitrogen and oxygen atoms in total. The number of aliphatic hydroxyl groups excluding tert-OH is 1. The standard InChI is InChI=1S/C17H36N2O2/c1-4-5-6-7-8-9-10-11-12-13-17(21)18-19(14-15-20)16(2)3/h16,20H,4-15H2,1-3H3,(H,18,21). The first-order valence-electron chi connectivity index (χ1n) is 8.78. The highest BCUT2D eigenvalue weighted by Gasteiger charge is 2.11. The smallest absolute Gasteiger partial charge is 0.234 e. The Hall–Kier alpha value is -0.610. The Labute approximate surface area is 131 Å². The number of carbonyl (C=O) groups is 1. The number of hydrogen-bond acceptors (Lipinski definition) is 3. The minimum Gasteiger partial charge on any atom is -0.395 e. The first kappa shape index (κ1) is 20.4. The van der Waals surface area contributed by atoms with Gasteiger partial charge in [0.05, 0.1) is 6.61 Å². The van der Waals surface area contributed by atoms with Gasteiger partial charge < -0.3 is 5.11 Å². The highest BCUT2D eigenvalue weighted by molar-refractivity contribution is 5.75. The van der Waals surface area contributed by atoms with Crippen LogP contribution in [0.25, 0.3) is 0 Å². The van der Waals surface area contributed by atoms with E-state index in [4.69, 9.17) is 5.11 Å². The Morgan fingerprint density at radius 1 is 1.00 bits per heavy atom. The third kappa shape index (κ3) is 12.8. The van der Waals surface area contributed by atoms with Gasteiger partial charge in [-0.2, -0.15) is 0 Å². The van der Waals surface area contributed by atoms with Gasteiger partial charge in [0, 0.05) is 19.0 Å². The Morgan fingerprint density at radius 3 is 2.00 bits per heavy atom. The number of amides is 1. The lowest BCUT2D eigenvalue weighted by Gasteiger charge is -2.26. The predicted octanol–water partition coefficient (Wildman–Crippen LogP) is 3.64. The summed E-state index contributed by atoms with van der Waals surface area (Å²) in [6.07, 6.45) is 12.0. The van der Waals surface area contributed by atoms with Crippen molar-refractivity contribution < 1.29 is 9.90 Å². The Bertz CT molecular complexity index is 245. The molecule has 0 unspecified atom stereocenters. The van der Waals surface area contributed by atoms with E-state index in [9.17, 15) is 4.79 Å². The van der Waals surface area contributed by atoms with Crippen LogP contribution in [0.4, 0.5) is 0 Å². The monoisotopic (exact) mass is 300 g/mol. The molecule has 0 aliphatic rings. The number of nitrogens with zero attached hydrogens (tertiary/aromatic N) is 1. The van der Waals surface area contributed by atoms with E-state index < -0.39 is 0 Å². The first-order chi connectivity index (χ1) is 10.1. The summed E-state index contributed by atoms with van der Waals surface area (Å²) in [7, 11) is 0. The average Bonchev–Trinajstić information content (AvgIpc) is 2.45. The average molecular weight is 300 g/mol. The van der Waals surface area contributed by atoms with Gasteiger partial charge in [-0.1, -0.05) is 58.3 Å². The van der Waals surface area contributed by atoms with Gasteiger partial charge in [-0.05, 0) is 20.3 Å². The quantitative estimate of drug-likeness (QED) is 0.380. The summed E-state index contributed by atoms with van der Waals surface area (Å²) in [5, 5.41) is 10.8. The molecule has 21 heavy (non-hydrogen) atoms. The number of aliphatic hydroxyl groups is 1. The van der Waals surface area contributed by atoms with E-state index in [-0.39, 0.29) is 18.6 Å². The molecular weight excluding hydrogens is 264 g/mol. The van der Waals surface area contributed by atoms with E-state index in [1.54, 1.807) is 5.01 Å². The molecule has 0 atom stereocenters. The highest BCUT2D eigenvalue weighted by Crippen LogP contribution is 2.10. The molecular formula is C17H36N2O2. The van der Waals surface area contributed by atoms with Crippen molar-refractivity contribution >= 4 is 5.91 Å². The Morgan fingerprint density at radius 2 is 1.52 bits per heavy atom. The molecule has 0 aliphatic carbocycles. The summed E-state index contributed by atoms with van der Waals surface area (Å²) >= 11 is 0. The zero-order valence-electron chi connectivity index (χ0n) is 14.4. The normalized spacial score (nSPS) is 11.3. The van der Waals surface area contributed by atoms with Crippen LogP contribution in [0.2, 0.25) is 0 Å². The third-order valence-corrected chi connectivity index (χ3v) is 3.74. The van der Waals surface area contributed by atoms with E-state index in [2.05, 4.69) is 12.3 Å². The van der Waals surface area contributed by atoms with Crippen molar-refractivity contribution in [2.45, 2.75) is 91.0 Å². The van der Waals surface area contributed by atoms with Crippen LogP contribution in [0.3, 0.4) is 0 Å². The van der Waals surface area contributed by atoms with E-state index in [1.807, 2.05) is 13.8 Å². The van der Waals surface area contributed by atoms with Crippen molar-refractivity contribution in [3.63, 3.8) is 0 Å². The van der Waals surface area contributed by atoms with E-state index in [0.717, 1.165) is 12.8 Å². The maximum atomic E-state index is 11.8. The van der Waals surface area contributed by atoms with E-state index in [1.165, 1.54) is 44.9 Å². The minimum absolute atomic E-state index is 0.0660. The summed E-state index contributed by atoms with van der Waals surface area (Å²) in [6.45, 7) is 6.81. The molecule has 0 radical (unpaired) electrons. The summed E-state index contributed by atoms with van der Waals surface area (Å²) in [5.41, 5.74) is 2.88. The minimum atomic E-state index is 0.0660. The van der Waals surface area contributed by atoms with Crippen LogP contribution in [0.1, 0.15) is 85.0 Å². The predicted molar refractivity (Wildman–Crippen MR) is 88.9 cm³/mol. The summed E-state index contributed by atoms with van der Waals surface area (Å²) < 4.78 is 0. The van der Waals surface area contributed by atoms with Crippen molar-refractivity contribution in [2.75, 3.05) is 13.2 Å². The zero-order valence-corrected chi connectivity index (χ0v) is 14.4. The second-order valence-corrected chi connectivity index (χ2v) is 6.12. The van der Waals surface area contributed by atoms with Crippen LogP contribution < -0.4 is 5.43 Å². The van der Waals surface area contributed by atoms with Crippen LogP contribution in [0, 0.1) is 0 Å². The summed E-state index contributed by atoms with van der Waals surface area (Å²) in [6, 6.07) is 0.212. The SMILES string of the molecule is CCCCCCCCCCCC(=O)NN(CCO)C(C)C. The lowest BCUT2D eigenvalue weighted by molar-refractivity contribution is -0.127. The third-order valence-electron chi connectivity index (χ3n) is 3.74. The van der Waals surface area contributed by atoms with Gasteiger partial charge in [0.1, 0.15) is 0 Å². The topological polar surface area (TPSA) is 52.6 Å². The maximum Gasteiger partial charge on any atom is 0.234 e. The molecule has 0 aromatic heterocycles. The van der Waals surface area contributed by atoms with Crippen LogP contribution in [0.5, 0.6) is 0 Å². The molecule has 0 aliphatic heterocycles. The van der Waals surface area contributed by atoms with Gasteiger partial charge in [0.25, 0.3) is 0 Å². The number of hydrazine groups is 1. The lowest BCUT2D eigenvalue weighted by atomic mass is 10.1. The molecule has 126 valence electrons. The molecule has 0 heterocycles. The molecule has 1 amide bonds. The number of unbranched alkanes of at least 4 members (excludes halogenated alkanes) is 8. The van der Waals surface area contributed by atoms with Gasteiger partial charge in [-0.15, -0.1) is 0 Å². The first-order valence-corrected chi connectivity index (χ1v) is 8.78. The number of carbonyl (C=O) groups excluding carboxylic acids is 1. The van der Waals surface area contributed by atoms with Crippen LogP contribution in [-0.4, -0.2) is 35.2 Å². The van der Waals surface area contributed by atoms with Gasteiger partial charge in [0.15, 0.2) is 0 Å². The number of rotatable bonds is 14. The van der Waals surface area contributed by atoms with E-state index >= 15 is 0 Å².